The number of piperidine rings is 1. The van der Waals surface area contributed by atoms with Gasteiger partial charge in [-0.1, -0.05) is 18.2 Å². The van der Waals surface area contributed by atoms with E-state index in [1.807, 2.05) is 31.2 Å². The summed E-state index contributed by atoms with van der Waals surface area (Å²) in [6.45, 7) is 4.86. The largest absolute Gasteiger partial charge is 0.481 e. The lowest BCUT2D eigenvalue weighted by Crippen LogP contribution is -2.45. The first-order valence-corrected chi connectivity index (χ1v) is 7.62. The molecule has 1 aliphatic rings. The van der Waals surface area contributed by atoms with Crippen molar-refractivity contribution < 1.29 is 19.1 Å². The van der Waals surface area contributed by atoms with Crippen molar-refractivity contribution >= 4 is 11.9 Å². The van der Waals surface area contributed by atoms with Crippen LogP contribution in [-0.2, 0) is 14.3 Å². The van der Waals surface area contributed by atoms with Crippen molar-refractivity contribution in [3.8, 4) is 5.75 Å². The van der Waals surface area contributed by atoms with Crippen LogP contribution in [0.15, 0.2) is 24.3 Å². The van der Waals surface area contributed by atoms with E-state index in [0.29, 0.717) is 25.9 Å². The molecule has 5 heteroatoms. The second-order valence-corrected chi connectivity index (χ2v) is 5.65. The van der Waals surface area contributed by atoms with E-state index in [1.54, 1.807) is 11.8 Å². The van der Waals surface area contributed by atoms with E-state index in [0.717, 1.165) is 11.3 Å². The Kier molecular flexibility index (Phi) is 5.41. The molecule has 0 N–H and O–H groups in total. The van der Waals surface area contributed by atoms with E-state index >= 15 is 0 Å². The molecule has 2 rings (SSSR count). The number of hydrogen-bond donors (Lipinski definition) is 0. The molecule has 0 radical (unpaired) electrons. The minimum absolute atomic E-state index is 0.0356. The molecule has 0 saturated carbocycles. The summed E-state index contributed by atoms with van der Waals surface area (Å²) in [6, 6.07) is 7.64. The normalized spacial score (nSPS) is 17.0. The maximum Gasteiger partial charge on any atom is 0.308 e. The van der Waals surface area contributed by atoms with Crippen LogP contribution in [0.5, 0.6) is 5.75 Å². The zero-order valence-corrected chi connectivity index (χ0v) is 13.4. The molecule has 0 bridgehead atoms. The van der Waals surface area contributed by atoms with Crippen LogP contribution in [0.25, 0.3) is 0 Å². The number of esters is 1. The van der Waals surface area contributed by atoms with Gasteiger partial charge in [-0.25, -0.2) is 0 Å². The summed E-state index contributed by atoms with van der Waals surface area (Å²) in [5.74, 6) is 0.414. The maximum atomic E-state index is 12.4. The molecule has 1 unspecified atom stereocenters. The number of amides is 1. The number of aryl methyl sites for hydroxylation is 1. The lowest BCUT2D eigenvalue weighted by atomic mass is 9.97. The summed E-state index contributed by atoms with van der Waals surface area (Å²) in [5.41, 5.74) is 1.01. The maximum absolute atomic E-state index is 12.4. The van der Waals surface area contributed by atoms with Crippen LogP contribution in [0.4, 0.5) is 0 Å². The number of likely N-dealkylation sites (tertiary alicyclic amines) is 1. The van der Waals surface area contributed by atoms with Gasteiger partial charge in [0.25, 0.3) is 5.91 Å². The van der Waals surface area contributed by atoms with Gasteiger partial charge >= 0.3 is 5.97 Å². The first-order valence-electron chi connectivity index (χ1n) is 7.62. The van der Waals surface area contributed by atoms with Gasteiger partial charge < -0.3 is 14.4 Å². The van der Waals surface area contributed by atoms with Gasteiger partial charge in [-0.15, -0.1) is 0 Å². The number of para-hydroxylation sites is 1. The fourth-order valence-corrected chi connectivity index (χ4v) is 2.69. The van der Waals surface area contributed by atoms with Crippen molar-refractivity contribution in [2.24, 2.45) is 5.92 Å². The number of methoxy groups -OCH3 is 1. The lowest BCUT2D eigenvalue weighted by molar-refractivity contribution is -0.150. The molecular formula is C17H23NO4. The van der Waals surface area contributed by atoms with Crippen LogP contribution in [0.2, 0.25) is 0 Å². The first-order chi connectivity index (χ1) is 10.5. The smallest absolute Gasteiger partial charge is 0.308 e. The van der Waals surface area contributed by atoms with Crippen molar-refractivity contribution in [2.45, 2.75) is 32.8 Å². The number of carbonyl (C=O) groups excluding carboxylic acids is 2. The summed E-state index contributed by atoms with van der Waals surface area (Å²) < 4.78 is 10.5. The third kappa shape index (κ3) is 3.78. The summed E-state index contributed by atoms with van der Waals surface area (Å²) in [7, 11) is 1.40. The van der Waals surface area contributed by atoms with Gasteiger partial charge in [0.2, 0.25) is 0 Å². The van der Waals surface area contributed by atoms with Gasteiger partial charge in [0.1, 0.15) is 5.75 Å². The molecule has 1 aromatic rings. The van der Waals surface area contributed by atoms with Crippen molar-refractivity contribution in [3.05, 3.63) is 29.8 Å². The van der Waals surface area contributed by atoms with Crippen molar-refractivity contribution in [3.63, 3.8) is 0 Å². The highest BCUT2D eigenvalue weighted by atomic mass is 16.5. The van der Waals surface area contributed by atoms with E-state index in [1.165, 1.54) is 7.11 Å². The van der Waals surface area contributed by atoms with E-state index in [9.17, 15) is 9.59 Å². The zero-order chi connectivity index (χ0) is 16.1. The van der Waals surface area contributed by atoms with Gasteiger partial charge in [-0.2, -0.15) is 0 Å². The second-order valence-electron chi connectivity index (χ2n) is 5.65. The van der Waals surface area contributed by atoms with Crippen molar-refractivity contribution in [1.82, 2.24) is 4.90 Å². The molecule has 1 aliphatic heterocycles. The molecule has 0 aliphatic carbocycles. The monoisotopic (exact) mass is 305 g/mol. The molecule has 1 fully saturated rings. The minimum atomic E-state index is -0.532. The van der Waals surface area contributed by atoms with Crippen LogP contribution >= 0.6 is 0 Å². The Morgan fingerprint density at radius 3 is 2.45 bits per heavy atom. The SMILES string of the molecule is COC(=O)C1CCN(C(=O)C(C)Oc2ccccc2C)CC1. The predicted octanol–water partition coefficient (Wildman–Crippen LogP) is 2.17. The topological polar surface area (TPSA) is 55.8 Å². The Bertz CT molecular complexity index is 535. The predicted molar refractivity (Wildman–Crippen MR) is 82.6 cm³/mol. The molecule has 1 saturated heterocycles. The molecular weight excluding hydrogens is 282 g/mol. The average molecular weight is 305 g/mol. The Morgan fingerprint density at radius 2 is 1.86 bits per heavy atom. The second kappa shape index (κ2) is 7.29. The molecule has 1 amide bonds. The quantitative estimate of drug-likeness (QED) is 0.800. The highest BCUT2D eigenvalue weighted by Crippen LogP contribution is 2.21. The van der Waals surface area contributed by atoms with E-state index in [4.69, 9.17) is 9.47 Å². The van der Waals surface area contributed by atoms with Gasteiger partial charge in [0.15, 0.2) is 6.10 Å². The van der Waals surface area contributed by atoms with Gasteiger partial charge in [0, 0.05) is 13.1 Å². The molecule has 0 aromatic heterocycles. The highest BCUT2D eigenvalue weighted by Gasteiger charge is 2.30. The van der Waals surface area contributed by atoms with E-state index in [-0.39, 0.29) is 17.8 Å². The number of benzene rings is 1. The van der Waals surface area contributed by atoms with Crippen molar-refractivity contribution in [2.75, 3.05) is 20.2 Å². The van der Waals surface area contributed by atoms with E-state index < -0.39 is 6.10 Å². The number of ether oxygens (including phenoxy) is 2. The summed E-state index contributed by atoms with van der Waals surface area (Å²) >= 11 is 0. The summed E-state index contributed by atoms with van der Waals surface area (Å²) in [5, 5.41) is 0. The minimum Gasteiger partial charge on any atom is -0.481 e. The Morgan fingerprint density at radius 1 is 1.23 bits per heavy atom. The van der Waals surface area contributed by atoms with E-state index in [2.05, 4.69) is 0 Å². The lowest BCUT2D eigenvalue weighted by Gasteiger charge is -2.32. The number of rotatable bonds is 4. The number of hydrogen-bond acceptors (Lipinski definition) is 4. The zero-order valence-electron chi connectivity index (χ0n) is 13.4. The molecule has 120 valence electrons. The van der Waals surface area contributed by atoms with Gasteiger partial charge in [-0.3, -0.25) is 9.59 Å². The average Bonchev–Trinajstić information content (AvgIpc) is 2.55. The van der Waals surface area contributed by atoms with Crippen LogP contribution < -0.4 is 4.74 Å². The fourth-order valence-electron chi connectivity index (χ4n) is 2.69. The third-order valence-electron chi connectivity index (χ3n) is 4.09. The molecule has 22 heavy (non-hydrogen) atoms. The molecule has 1 aromatic carbocycles. The number of nitrogens with zero attached hydrogens (tertiary/aromatic N) is 1. The fraction of sp³-hybridized carbons (Fsp3) is 0.529. The van der Waals surface area contributed by atoms with Crippen LogP contribution in [0.3, 0.4) is 0 Å². The molecule has 1 heterocycles. The van der Waals surface area contributed by atoms with Gasteiger partial charge in [0.05, 0.1) is 13.0 Å². The molecule has 0 spiro atoms. The van der Waals surface area contributed by atoms with Crippen LogP contribution in [-0.4, -0.2) is 43.1 Å². The Hall–Kier alpha value is -2.04. The van der Waals surface area contributed by atoms with Crippen molar-refractivity contribution in [1.29, 1.82) is 0 Å². The molecule has 5 nitrogen and oxygen atoms in total. The highest BCUT2D eigenvalue weighted by molar-refractivity contribution is 5.81. The van der Waals surface area contributed by atoms with Crippen LogP contribution in [0, 0.1) is 12.8 Å². The standard InChI is InChI=1S/C17H23NO4/c1-12-6-4-5-7-15(12)22-13(2)16(19)18-10-8-14(9-11-18)17(20)21-3/h4-7,13-14H,8-11H2,1-3H3. The third-order valence-corrected chi connectivity index (χ3v) is 4.09. The van der Waals surface area contributed by atoms with Crippen LogP contribution in [0.1, 0.15) is 25.3 Å². The molecule has 1 atom stereocenters. The Balaban J connectivity index is 1.89. The summed E-state index contributed by atoms with van der Waals surface area (Å²) in [6.07, 6.45) is 0.765. The van der Waals surface area contributed by atoms with Gasteiger partial charge in [-0.05, 0) is 38.3 Å². The first kappa shape index (κ1) is 16.3. The summed E-state index contributed by atoms with van der Waals surface area (Å²) in [4.78, 5) is 25.7. The number of carbonyl (C=O) groups is 2. The Labute approximate surface area is 131 Å².